The molecular weight excluding hydrogens is 237 g/mol. The van der Waals surface area contributed by atoms with Crippen LogP contribution in [0, 0.1) is 5.82 Å². The Hall–Kier alpha value is -1.62. The predicted octanol–water partition coefficient (Wildman–Crippen LogP) is 2.08. The molecule has 3 N–H and O–H groups in total. The second-order valence-electron chi connectivity index (χ2n) is 4.40. The Labute approximate surface area is 106 Å². The van der Waals surface area contributed by atoms with E-state index in [0.717, 1.165) is 0 Å². The molecule has 0 saturated carbocycles. The fourth-order valence-electron chi connectivity index (χ4n) is 1.84. The van der Waals surface area contributed by atoms with Crippen molar-refractivity contribution in [1.29, 1.82) is 0 Å². The van der Waals surface area contributed by atoms with Crippen LogP contribution in [0.15, 0.2) is 12.1 Å². The van der Waals surface area contributed by atoms with Crippen LogP contribution in [-0.4, -0.2) is 24.7 Å². The summed E-state index contributed by atoms with van der Waals surface area (Å²) >= 11 is 0. The first-order chi connectivity index (χ1) is 8.42. The second-order valence-corrected chi connectivity index (χ2v) is 4.40. The summed E-state index contributed by atoms with van der Waals surface area (Å²) in [6, 6.07) is 2.75. The Kier molecular flexibility index (Phi) is 4.67. The van der Waals surface area contributed by atoms with Crippen LogP contribution in [0.4, 0.5) is 4.39 Å². The predicted molar refractivity (Wildman–Crippen MR) is 66.5 cm³/mol. The molecule has 0 radical (unpaired) electrons. The summed E-state index contributed by atoms with van der Waals surface area (Å²) in [5.74, 6) is -2.15. The van der Waals surface area contributed by atoms with E-state index < -0.39 is 17.7 Å². The summed E-state index contributed by atoms with van der Waals surface area (Å²) in [6.07, 6.45) is 0. The van der Waals surface area contributed by atoms with E-state index in [9.17, 15) is 9.18 Å². The third-order valence-corrected chi connectivity index (χ3v) is 2.88. The van der Waals surface area contributed by atoms with Crippen LogP contribution in [0.25, 0.3) is 0 Å². The smallest absolute Gasteiger partial charge is 0.312 e. The number of nitrogens with two attached hydrogens (primary N) is 1. The van der Waals surface area contributed by atoms with Crippen molar-refractivity contribution in [2.24, 2.45) is 5.73 Å². The quantitative estimate of drug-likeness (QED) is 0.845. The summed E-state index contributed by atoms with van der Waals surface area (Å²) in [4.78, 5) is 11.1. The Balaban J connectivity index is 3.39. The Morgan fingerprint density at radius 1 is 1.44 bits per heavy atom. The number of rotatable bonds is 5. The first kappa shape index (κ1) is 14.4. The highest BCUT2D eigenvalue weighted by atomic mass is 19.1. The maximum Gasteiger partial charge on any atom is 0.312 e. The number of benzene rings is 1. The number of halogens is 1. The highest BCUT2D eigenvalue weighted by molar-refractivity contribution is 5.77. The monoisotopic (exact) mass is 255 g/mol. The number of carboxylic acids is 1. The minimum absolute atomic E-state index is 0.0399. The molecule has 0 amide bonds. The Morgan fingerprint density at radius 3 is 2.44 bits per heavy atom. The van der Waals surface area contributed by atoms with Gasteiger partial charge in [0.15, 0.2) is 0 Å². The number of ether oxygens (including phenoxy) is 1. The van der Waals surface area contributed by atoms with Crippen LogP contribution >= 0.6 is 0 Å². The van der Waals surface area contributed by atoms with E-state index in [2.05, 4.69) is 0 Å². The second kappa shape index (κ2) is 5.82. The molecule has 0 aliphatic rings. The van der Waals surface area contributed by atoms with Gasteiger partial charge in [0, 0.05) is 18.2 Å². The van der Waals surface area contributed by atoms with Crippen LogP contribution in [-0.2, 0) is 4.79 Å². The fourth-order valence-corrected chi connectivity index (χ4v) is 1.84. The van der Waals surface area contributed by atoms with Crippen molar-refractivity contribution >= 4 is 5.97 Å². The lowest BCUT2D eigenvalue weighted by atomic mass is 9.92. The molecule has 100 valence electrons. The van der Waals surface area contributed by atoms with E-state index in [1.165, 1.54) is 19.2 Å². The Bertz CT molecular complexity index is 446. The highest BCUT2D eigenvalue weighted by Gasteiger charge is 2.24. The standard InChI is InChI=1S/C13H18FNO3/c1-7(2)8-4-9(10(6-15)13(16)17)12(18-3)5-11(8)14/h4-5,7,10H,6,15H2,1-3H3,(H,16,17). The molecule has 0 bridgehead atoms. The molecule has 1 atom stereocenters. The lowest BCUT2D eigenvalue weighted by Crippen LogP contribution is -2.22. The molecule has 0 aliphatic heterocycles. The van der Waals surface area contributed by atoms with Crippen LogP contribution in [0.5, 0.6) is 5.75 Å². The van der Waals surface area contributed by atoms with Crippen LogP contribution < -0.4 is 10.5 Å². The van der Waals surface area contributed by atoms with Crippen molar-refractivity contribution in [3.05, 3.63) is 29.1 Å². The topological polar surface area (TPSA) is 72.5 Å². The molecule has 1 unspecified atom stereocenters. The zero-order valence-corrected chi connectivity index (χ0v) is 10.7. The molecular formula is C13H18FNO3. The number of aliphatic carboxylic acids is 1. The van der Waals surface area contributed by atoms with Gasteiger partial charge in [0.05, 0.1) is 13.0 Å². The van der Waals surface area contributed by atoms with Gasteiger partial charge in [-0.05, 0) is 17.5 Å². The summed E-state index contributed by atoms with van der Waals surface area (Å²) in [5.41, 5.74) is 6.34. The average Bonchev–Trinajstić information content (AvgIpc) is 2.30. The molecule has 0 aliphatic carbocycles. The average molecular weight is 255 g/mol. The minimum Gasteiger partial charge on any atom is -0.496 e. The van der Waals surface area contributed by atoms with Crippen molar-refractivity contribution in [3.63, 3.8) is 0 Å². The van der Waals surface area contributed by atoms with Gasteiger partial charge < -0.3 is 15.6 Å². The lowest BCUT2D eigenvalue weighted by Gasteiger charge is -2.18. The molecule has 0 heterocycles. The zero-order chi connectivity index (χ0) is 13.9. The van der Waals surface area contributed by atoms with Gasteiger partial charge in [-0.1, -0.05) is 13.8 Å². The number of methoxy groups -OCH3 is 1. The maximum absolute atomic E-state index is 13.8. The molecule has 18 heavy (non-hydrogen) atoms. The van der Waals surface area contributed by atoms with E-state index >= 15 is 0 Å². The van der Waals surface area contributed by atoms with E-state index in [4.69, 9.17) is 15.6 Å². The maximum atomic E-state index is 13.8. The highest BCUT2D eigenvalue weighted by Crippen LogP contribution is 2.32. The van der Waals surface area contributed by atoms with Crippen molar-refractivity contribution in [2.75, 3.05) is 13.7 Å². The van der Waals surface area contributed by atoms with Crippen LogP contribution in [0.3, 0.4) is 0 Å². The largest absolute Gasteiger partial charge is 0.496 e. The molecule has 4 nitrogen and oxygen atoms in total. The van der Waals surface area contributed by atoms with Gasteiger partial charge in [-0.25, -0.2) is 4.39 Å². The summed E-state index contributed by atoms with van der Waals surface area (Å²) in [7, 11) is 1.38. The summed E-state index contributed by atoms with van der Waals surface area (Å²) in [6.45, 7) is 3.62. The van der Waals surface area contributed by atoms with E-state index in [-0.39, 0.29) is 18.2 Å². The molecule has 5 heteroatoms. The number of hydrogen-bond donors (Lipinski definition) is 2. The van der Waals surface area contributed by atoms with Gasteiger partial charge >= 0.3 is 5.97 Å². The van der Waals surface area contributed by atoms with Gasteiger partial charge in [0.2, 0.25) is 0 Å². The van der Waals surface area contributed by atoms with Gasteiger partial charge in [0.1, 0.15) is 11.6 Å². The van der Waals surface area contributed by atoms with Crippen molar-refractivity contribution in [2.45, 2.75) is 25.7 Å². The van der Waals surface area contributed by atoms with Gasteiger partial charge in [-0.2, -0.15) is 0 Å². The molecule has 0 aromatic heterocycles. The molecule has 1 aromatic carbocycles. The first-order valence-corrected chi connectivity index (χ1v) is 5.72. The zero-order valence-electron chi connectivity index (χ0n) is 10.7. The van der Waals surface area contributed by atoms with Gasteiger partial charge in [-0.3, -0.25) is 4.79 Å². The number of hydrogen-bond acceptors (Lipinski definition) is 3. The summed E-state index contributed by atoms with van der Waals surface area (Å²) in [5, 5.41) is 9.12. The van der Waals surface area contributed by atoms with Gasteiger partial charge in [-0.15, -0.1) is 0 Å². The van der Waals surface area contributed by atoms with E-state index in [1.807, 2.05) is 13.8 Å². The first-order valence-electron chi connectivity index (χ1n) is 5.72. The molecule has 1 aromatic rings. The van der Waals surface area contributed by atoms with Crippen LogP contribution in [0.1, 0.15) is 36.8 Å². The molecule has 0 fully saturated rings. The van der Waals surface area contributed by atoms with Crippen LogP contribution in [0.2, 0.25) is 0 Å². The third-order valence-electron chi connectivity index (χ3n) is 2.88. The SMILES string of the molecule is COc1cc(F)c(C(C)C)cc1C(CN)C(=O)O. The van der Waals surface area contributed by atoms with E-state index in [1.54, 1.807) is 0 Å². The molecule has 0 spiro atoms. The number of carbonyl (C=O) groups is 1. The summed E-state index contributed by atoms with van der Waals surface area (Å²) < 4.78 is 18.8. The van der Waals surface area contributed by atoms with Gasteiger partial charge in [0.25, 0.3) is 0 Å². The third kappa shape index (κ3) is 2.79. The molecule has 0 saturated heterocycles. The number of carboxylic acid groups (broad SMARTS) is 1. The normalized spacial score (nSPS) is 12.6. The van der Waals surface area contributed by atoms with Crippen molar-refractivity contribution in [1.82, 2.24) is 0 Å². The minimum atomic E-state index is -1.04. The molecule has 1 rings (SSSR count). The van der Waals surface area contributed by atoms with Crippen molar-refractivity contribution < 1.29 is 19.0 Å². The fraction of sp³-hybridized carbons (Fsp3) is 0.462. The Morgan fingerprint density at radius 2 is 2.06 bits per heavy atom. The van der Waals surface area contributed by atoms with E-state index in [0.29, 0.717) is 11.1 Å². The lowest BCUT2D eigenvalue weighted by molar-refractivity contribution is -0.138. The van der Waals surface area contributed by atoms with Crippen molar-refractivity contribution in [3.8, 4) is 5.75 Å².